The number of hydrogen-bond donors (Lipinski definition) is 2. The Bertz CT molecular complexity index is 457. The summed E-state index contributed by atoms with van der Waals surface area (Å²) in [6, 6.07) is 4.25. The molecule has 2 N–H and O–H groups in total. The smallest absolute Gasteiger partial charge is 0.409 e. The molecular formula is C9H9ClN4O2. The van der Waals surface area contributed by atoms with Crippen molar-refractivity contribution in [3.63, 3.8) is 0 Å². The van der Waals surface area contributed by atoms with Gasteiger partial charge in [-0.2, -0.15) is 0 Å². The summed E-state index contributed by atoms with van der Waals surface area (Å²) < 4.78 is 0. The molecule has 0 fully saturated rings. The van der Waals surface area contributed by atoms with E-state index in [1.165, 1.54) is 6.07 Å². The van der Waals surface area contributed by atoms with E-state index in [0.29, 0.717) is 16.3 Å². The number of nitrogens with one attached hydrogen (secondary N) is 1. The highest BCUT2D eigenvalue weighted by atomic mass is 35.5. The summed E-state index contributed by atoms with van der Waals surface area (Å²) in [6.45, 7) is 1.70. The molecule has 16 heavy (non-hydrogen) atoms. The van der Waals surface area contributed by atoms with E-state index < -0.39 is 12.1 Å². The molecule has 1 atom stereocenters. The molecule has 0 saturated heterocycles. The van der Waals surface area contributed by atoms with E-state index in [0.717, 1.165) is 0 Å². The van der Waals surface area contributed by atoms with Crippen LogP contribution in [0.2, 0.25) is 5.02 Å². The van der Waals surface area contributed by atoms with Crippen molar-refractivity contribution in [3.8, 4) is 0 Å². The van der Waals surface area contributed by atoms with Crippen molar-refractivity contribution in [2.75, 3.05) is 5.32 Å². The van der Waals surface area contributed by atoms with Crippen LogP contribution in [0.1, 0.15) is 18.5 Å². The molecule has 1 unspecified atom stereocenters. The number of benzene rings is 1. The molecule has 1 aromatic carbocycles. The zero-order chi connectivity index (χ0) is 12.1. The molecular weight excluding hydrogens is 232 g/mol. The molecule has 1 rings (SSSR count). The SMILES string of the molecule is CC(N=[N+]=[N-])c1ccc(NC(=O)O)cc1Cl. The van der Waals surface area contributed by atoms with Gasteiger partial charge in [0.25, 0.3) is 0 Å². The quantitative estimate of drug-likeness (QED) is 0.477. The first kappa shape index (κ1) is 12.2. The van der Waals surface area contributed by atoms with Crippen LogP contribution >= 0.6 is 11.6 Å². The molecule has 0 radical (unpaired) electrons. The lowest BCUT2D eigenvalue weighted by Crippen LogP contribution is -2.07. The Morgan fingerprint density at radius 1 is 1.69 bits per heavy atom. The fraction of sp³-hybridized carbons (Fsp3) is 0.222. The standard InChI is InChI=1S/C9H9ClN4O2/c1-5(13-14-11)7-3-2-6(4-8(7)10)12-9(15)16/h2-5,12H,1H3,(H,15,16). The molecule has 0 bridgehead atoms. The number of amides is 1. The molecule has 1 aromatic rings. The number of carboxylic acid groups (broad SMARTS) is 1. The lowest BCUT2D eigenvalue weighted by atomic mass is 10.1. The zero-order valence-corrected chi connectivity index (χ0v) is 9.14. The van der Waals surface area contributed by atoms with Crippen molar-refractivity contribution in [2.24, 2.45) is 5.11 Å². The maximum absolute atomic E-state index is 10.4. The number of halogens is 1. The minimum atomic E-state index is -1.16. The normalized spacial score (nSPS) is 11.4. The molecule has 6 nitrogen and oxygen atoms in total. The predicted octanol–water partition coefficient (Wildman–Crippen LogP) is 3.80. The number of rotatable bonds is 3. The van der Waals surface area contributed by atoms with E-state index >= 15 is 0 Å². The van der Waals surface area contributed by atoms with Crippen molar-refractivity contribution < 1.29 is 9.90 Å². The van der Waals surface area contributed by atoms with Gasteiger partial charge in [0.05, 0.1) is 6.04 Å². The van der Waals surface area contributed by atoms with Crippen LogP contribution in [0, 0.1) is 0 Å². The van der Waals surface area contributed by atoms with Crippen LogP contribution in [0.25, 0.3) is 10.4 Å². The third-order valence-corrected chi connectivity index (χ3v) is 2.25. The minimum Gasteiger partial charge on any atom is -0.465 e. The van der Waals surface area contributed by atoms with Crippen LogP contribution in [0.15, 0.2) is 23.3 Å². The van der Waals surface area contributed by atoms with Crippen molar-refractivity contribution in [1.29, 1.82) is 0 Å². The lowest BCUT2D eigenvalue weighted by molar-refractivity contribution is 0.210. The van der Waals surface area contributed by atoms with Gasteiger partial charge in [0, 0.05) is 15.6 Å². The van der Waals surface area contributed by atoms with Gasteiger partial charge in [-0.3, -0.25) is 5.32 Å². The second kappa shape index (κ2) is 5.25. The Morgan fingerprint density at radius 3 is 2.88 bits per heavy atom. The van der Waals surface area contributed by atoms with Gasteiger partial charge < -0.3 is 5.11 Å². The van der Waals surface area contributed by atoms with E-state index in [1.54, 1.807) is 19.1 Å². The van der Waals surface area contributed by atoms with Crippen LogP contribution in [0.3, 0.4) is 0 Å². The summed E-state index contributed by atoms with van der Waals surface area (Å²) in [6.07, 6.45) is -1.16. The molecule has 0 aliphatic rings. The number of azide groups is 1. The van der Waals surface area contributed by atoms with E-state index in [-0.39, 0.29) is 0 Å². The third-order valence-electron chi connectivity index (χ3n) is 1.93. The monoisotopic (exact) mass is 240 g/mol. The van der Waals surface area contributed by atoms with Crippen LogP contribution in [0.5, 0.6) is 0 Å². The molecule has 0 heterocycles. The molecule has 0 saturated carbocycles. The topological polar surface area (TPSA) is 98.1 Å². The van der Waals surface area contributed by atoms with Crippen LogP contribution in [-0.4, -0.2) is 11.2 Å². The van der Waals surface area contributed by atoms with Crippen molar-refractivity contribution in [2.45, 2.75) is 13.0 Å². The first-order chi connectivity index (χ1) is 7.54. The predicted molar refractivity (Wildman–Crippen MR) is 60.7 cm³/mol. The zero-order valence-electron chi connectivity index (χ0n) is 8.38. The number of hydrogen-bond acceptors (Lipinski definition) is 2. The van der Waals surface area contributed by atoms with Gasteiger partial charge >= 0.3 is 6.09 Å². The average molecular weight is 241 g/mol. The van der Waals surface area contributed by atoms with Gasteiger partial charge in [0.15, 0.2) is 0 Å². The van der Waals surface area contributed by atoms with Crippen LogP contribution < -0.4 is 5.32 Å². The lowest BCUT2D eigenvalue weighted by Gasteiger charge is -2.09. The average Bonchev–Trinajstić information content (AvgIpc) is 2.16. The Morgan fingerprint density at radius 2 is 2.38 bits per heavy atom. The van der Waals surface area contributed by atoms with Crippen molar-refractivity contribution in [1.82, 2.24) is 0 Å². The fourth-order valence-electron chi connectivity index (χ4n) is 1.21. The van der Waals surface area contributed by atoms with Crippen LogP contribution in [-0.2, 0) is 0 Å². The van der Waals surface area contributed by atoms with Gasteiger partial charge in [0.1, 0.15) is 0 Å². The highest BCUT2D eigenvalue weighted by Crippen LogP contribution is 2.28. The Balaban J connectivity index is 2.99. The molecule has 1 amide bonds. The maximum Gasteiger partial charge on any atom is 0.409 e. The van der Waals surface area contributed by atoms with E-state index in [1.807, 2.05) is 0 Å². The summed E-state index contributed by atoms with van der Waals surface area (Å²) >= 11 is 5.93. The Kier molecular flexibility index (Phi) is 3.99. The minimum absolute atomic E-state index is 0.353. The fourth-order valence-corrected chi connectivity index (χ4v) is 1.55. The number of anilines is 1. The highest BCUT2D eigenvalue weighted by molar-refractivity contribution is 6.31. The Labute approximate surface area is 96.5 Å². The summed E-state index contributed by atoms with van der Waals surface area (Å²) in [4.78, 5) is 13.1. The van der Waals surface area contributed by atoms with E-state index in [9.17, 15) is 4.79 Å². The number of carbonyl (C=O) groups is 1. The molecule has 0 aliphatic carbocycles. The van der Waals surface area contributed by atoms with Gasteiger partial charge in [-0.1, -0.05) is 29.7 Å². The third kappa shape index (κ3) is 3.05. The number of nitrogens with zero attached hydrogens (tertiary/aromatic N) is 3. The van der Waals surface area contributed by atoms with E-state index in [2.05, 4.69) is 15.3 Å². The molecule has 0 spiro atoms. The largest absolute Gasteiger partial charge is 0.465 e. The van der Waals surface area contributed by atoms with E-state index in [4.69, 9.17) is 22.2 Å². The van der Waals surface area contributed by atoms with Crippen molar-refractivity contribution in [3.05, 3.63) is 39.2 Å². The highest BCUT2D eigenvalue weighted by Gasteiger charge is 2.09. The molecule has 7 heteroatoms. The summed E-state index contributed by atoms with van der Waals surface area (Å²) in [5.41, 5.74) is 9.31. The first-order valence-electron chi connectivity index (χ1n) is 4.38. The second-order valence-electron chi connectivity index (χ2n) is 3.05. The van der Waals surface area contributed by atoms with Gasteiger partial charge in [-0.15, -0.1) is 0 Å². The van der Waals surface area contributed by atoms with Gasteiger partial charge in [-0.25, -0.2) is 4.79 Å². The van der Waals surface area contributed by atoms with Gasteiger partial charge in [0.2, 0.25) is 0 Å². The van der Waals surface area contributed by atoms with Gasteiger partial charge in [-0.05, 0) is 23.2 Å². The molecule has 0 aromatic heterocycles. The summed E-state index contributed by atoms with van der Waals surface area (Å²) in [5.74, 6) is 0. The first-order valence-corrected chi connectivity index (χ1v) is 4.76. The molecule has 0 aliphatic heterocycles. The maximum atomic E-state index is 10.4. The Hall–Kier alpha value is -1.91. The van der Waals surface area contributed by atoms with Crippen LogP contribution in [0.4, 0.5) is 10.5 Å². The summed E-state index contributed by atoms with van der Waals surface area (Å²) in [7, 11) is 0. The molecule has 84 valence electrons. The summed E-state index contributed by atoms with van der Waals surface area (Å²) in [5, 5.41) is 14.5. The second-order valence-corrected chi connectivity index (χ2v) is 3.45. The van der Waals surface area contributed by atoms with Crippen molar-refractivity contribution >= 4 is 23.4 Å².